The molecule has 0 aliphatic carbocycles. The number of hydrogen-bond donors (Lipinski definition) is 1. The zero-order chi connectivity index (χ0) is 16.8. The molecule has 0 unspecified atom stereocenters. The summed E-state index contributed by atoms with van der Waals surface area (Å²) in [5, 5.41) is 8.57. The van der Waals surface area contributed by atoms with Crippen LogP contribution in [0.3, 0.4) is 0 Å². The van der Waals surface area contributed by atoms with Gasteiger partial charge in [-0.2, -0.15) is 4.39 Å². The molecule has 0 amide bonds. The van der Waals surface area contributed by atoms with Crippen LogP contribution in [0.1, 0.15) is 11.1 Å². The molecule has 0 atom stereocenters. The molecule has 0 saturated carbocycles. The molecular formula is C17H14F2O4. The van der Waals surface area contributed by atoms with E-state index in [4.69, 9.17) is 14.6 Å². The Balaban J connectivity index is 2.15. The van der Waals surface area contributed by atoms with Gasteiger partial charge in [-0.25, -0.2) is 9.18 Å². The highest BCUT2D eigenvalue weighted by atomic mass is 19.2. The monoisotopic (exact) mass is 320 g/mol. The molecule has 0 saturated heterocycles. The molecule has 2 rings (SSSR count). The molecule has 120 valence electrons. The molecule has 6 heteroatoms. The molecule has 0 aliphatic rings. The molecule has 0 radical (unpaired) electrons. The topological polar surface area (TPSA) is 55.8 Å². The normalized spacial score (nSPS) is 10.7. The van der Waals surface area contributed by atoms with E-state index in [-0.39, 0.29) is 17.9 Å². The van der Waals surface area contributed by atoms with Crippen molar-refractivity contribution in [1.29, 1.82) is 0 Å². The zero-order valence-corrected chi connectivity index (χ0v) is 12.3. The Kier molecular flexibility index (Phi) is 5.30. The van der Waals surface area contributed by atoms with Crippen LogP contribution in [0.15, 0.2) is 42.5 Å². The van der Waals surface area contributed by atoms with Crippen LogP contribution in [0.4, 0.5) is 8.78 Å². The van der Waals surface area contributed by atoms with Crippen molar-refractivity contribution < 1.29 is 28.2 Å². The Morgan fingerprint density at radius 1 is 1.22 bits per heavy atom. The van der Waals surface area contributed by atoms with E-state index in [0.29, 0.717) is 5.75 Å². The van der Waals surface area contributed by atoms with E-state index in [9.17, 15) is 13.6 Å². The lowest BCUT2D eigenvalue weighted by atomic mass is 10.2. The van der Waals surface area contributed by atoms with Gasteiger partial charge >= 0.3 is 5.97 Å². The summed E-state index contributed by atoms with van der Waals surface area (Å²) >= 11 is 0. The lowest BCUT2D eigenvalue weighted by molar-refractivity contribution is -0.131. The maximum Gasteiger partial charge on any atom is 0.328 e. The van der Waals surface area contributed by atoms with Gasteiger partial charge in [0.25, 0.3) is 0 Å². The van der Waals surface area contributed by atoms with E-state index in [0.717, 1.165) is 23.8 Å². The van der Waals surface area contributed by atoms with Crippen LogP contribution >= 0.6 is 0 Å². The maximum absolute atomic E-state index is 13.7. The van der Waals surface area contributed by atoms with Crippen molar-refractivity contribution in [2.75, 3.05) is 7.11 Å². The van der Waals surface area contributed by atoms with Crippen molar-refractivity contribution in [3.05, 3.63) is 65.2 Å². The molecule has 23 heavy (non-hydrogen) atoms. The summed E-state index contributed by atoms with van der Waals surface area (Å²) < 4.78 is 37.6. The number of carboxylic acids is 1. The summed E-state index contributed by atoms with van der Waals surface area (Å²) in [7, 11) is 1.54. The summed E-state index contributed by atoms with van der Waals surface area (Å²) in [4.78, 5) is 10.5. The Morgan fingerprint density at radius 2 is 1.91 bits per heavy atom. The number of benzene rings is 2. The molecule has 4 nitrogen and oxygen atoms in total. The van der Waals surface area contributed by atoms with Crippen molar-refractivity contribution >= 4 is 12.0 Å². The van der Waals surface area contributed by atoms with Gasteiger partial charge in [0, 0.05) is 6.08 Å². The molecule has 0 aromatic heterocycles. The average molecular weight is 320 g/mol. The van der Waals surface area contributed by atoms with Crippen molar-refractivity contribution in [3.63, 3.8) is 0 Å². The van der Waals surface area contributed by atoms with Crippen LogP contribution in [0, 0.1) is 11.6 Å². The quantitative estimate of drug-likeness (QED) is 0.826. The van der Waals surface area contributed by atoms with Crippen LogP contribution in [-0.4, -0.2) is 18.2 Å². The van der Waals surface area contributed by atoms with Gasteiger partial charge in [0.15, 0.2) is 11.6 Å². The number of aliphatic carboxylic acids is 1. The highest BCUT2D eigenvalue weighted by Crippen LogP contribution is 2.24. The van der Waals surface area contributed by atoms with Gasteiger partial charge < -0.3 is 14.6 Å². The van der Waals surface area contributed by atoms with Crippen molar-refractivity contribution in [3.8, 4) is 11.5 Å². The molecule has 0 spiro atoms. The Morgan fingerprint density at radius 3 is 2.52 bits per heavy atom. The van der Waals surface area contributed by atoms with E-state index < -0.39 is 17.6 Å². The highest BCUT2D eigenvalue weighted by molar-refractivity contribution is 5.85. The van der Waals surface area contributed by atoms with Crippen LogP contribution in [0.2, 0.25) is 0 Å². The minimum absolute atomic E-state index is 0.0342. The number of hydrogen-bond acceptors (Lipinski definition) is 3. The van der Waals surface area contributed by atoms with E-state index in [1.165, 1.54) is 6.07 Å². The molecule has 0 fully saturated rings. The molecule has 0 bridgehead atoms. The molecule has 0 aliphatic heterocycles. The van der Waals surface area contributed by atoms with Crippen molar-refractivity contribution in [2.24, 2.45) is 0 Å². The van der Waals surface area contributed by atoms with Crippen LogP contribution in [0.5, 0.6) is 11.5 Å². The first-order valence-electron chi connectivity index (χ1n) is 6.65. The second-order valence-electron chi connectivity index (χ2n) is 4.62. The summed E-state index contributed by atoms with van der Waals surface area (Å²) in [6.07, 6.45) is 1.99. The van der Waals surface area contributed by atoms with Gasteiger partial charge in [-0.3, -0.25) is 0 Å². The SMILES string of the molecule is COc1ccc(COc2cc(/C=C/C(=O)O)cc(F)c2F)cc1. The number of carbonyl (C=O) groups is 1. The highest BCUT2D eigenvalue weighted by Gasteiger charge is 2.11. The Hall–Kier alpha value is -2.89. The van der Waals surface area contributed by atoms with Crippen LogP contribution in [0.25, 0.3) is 6.08 Å². The molecule has 0 heterocycles. The Bertz CT molecular complexity index is 724. The maximum atomic E-state index is 13.7. The molecule has 1 N–H and O–H groups in total. The first-order chi connectivity index (χ1) is 11.0. The third-order valence-electron chi connectivity index (χ3n) is 2.99. The van der Waals surface area contributed by atoms with Gasteiger partial charge in [0.05, 0.1) is 7.11 Å². The van der Waals surface area contributed by atoms with Gasteiger partial charge in [-0.05, 0) is 41.5 Å². The first kappa shape index (κ1) is 16.5. The Labute approximate surface area is 131 Å². The number of methoxy groups -OCH3 is 1. The fraction of sp³-hybridized carbons (Fsp3) is 0.118. The minimum Gasteiger partial charge on any atom is -0.497 e. The fourth-order valence-corrected chi connectivity index (χ4v) is 1.84. The summed E-state index contributed by atoms with van der Waals surface area (Å²) in [5.41, 5.74) is 0.938. The summed E-state index contributed by atoms with van der Waals surface area (Å²) in [6.45, 7) is 0.0342. The molecule has 2 aromatic rings. The van der Waals surface area contributed by atoms with Crippen LogP contribution in [-0.2, 0) is 11.4 Å². The van der Waals surface area contributed by atoms with Crippen LogP contribution < -0.4 is 9.47 Å². The minimum atomic E-state index is -1.18. The van der Waals surface area contributed by atoms with Crippen molar-refractivity contribution in [2.45, 2.75) is 6.61 Å². The number of halogens is 2. The van der Waals surface area contributed by atoms with Crippen molar-refractivity contribution in [1.82, 2.24) is 0 Å². The number of ether oxygens (including phenoxy) is 2. The number of rotatable bonds is 6. The average Bonchev–Trinajstić information content (AvgIpc) is 2.55. The number of carboxylic acid groups (broad SMARTS) is 1. The fourth-order valence-electron chi connectivity index (χ4n) is 1.84. The van der Waals surface area contributed by atoms with Gasteiger partial charge in [-0.15, -0.1) is 0 Å². The molecular weight excluding hydrogens is 306 g/mol. The predicted molar refractivity (Wildman–Crippen MR) is 80.4 cm³/mol. The van der Waals surface area contributed by atoms with Gasteiger partial charge in [0.2, 0.25) is 5.82 Å². The predicted octanol–water partition coefficient (Wildman–Crippen LogP) is 3.65. The third kappa shape index (κ3) is 4.54. The summed E-state index contributed by atoms with van der Waals surface area (Å²) in [5.74, 6) is -3.03. The lowest BCUT2D eigenvalue weighted by Gasteiger charge is -2.09. The van der Waals surface area contributed by atoms with E-state index in [1.54, 1.807) is 31.4 Å². The first-order valence-corrected chi connectivity index (χ1v) is 6.65. The standard InChI is InChI=1S/C17H14F2O4/c1-22-13-5-2-11(3-6-13)10-23-15-9-12(4-7-16(20)21)8-14(18)17(15)19/h2-9H,10H2,1H3,(H,20,21)/b7-4+. The zero-order valence-electron chi connectivity index (χ0n) is 12.3. The second-order valence-corrected chi connectivity index (χ2v) is 4.62. The van der Waals surface area contributed by atoms with Gasteiger partial charge in [-0.1, -0.05) is 12.1 Å². The smallest absolute Gasteiger partial charge is 0.328 e. The van der Waals surface area contributed by atoms with E-state index in [1.807, 2.05) is 0 Å². The summed E-state index contributed by atoms with van der Waals surface area (Å²) in [6, 6.07) is 9.06. The largest absolute Gasteiger partial charge is 0.497 e. The lowest BCUT2D eigenvalue weighted by Crippen LogP contribution is -2.00. The third-order valence-corrected chi connectivity index (χ3v) is 2.99. The van der Waals surface area contributed by atoms with E-state index >= 15 is 0 Å². The molecule has 2 aromatic carbocycles. The van der Waals surface area contributed by atoms with Gasteiger partial charge in [0.1, 0.15) is 12.4 Å². The van der Waals surface area contributed by atoms with E-state index in [2.05, 4.69) is 0 Å². The second kappa shape index (κ2) is 7.40.